The van der Waals surface area contributed by atoms with Crippen LogP contribution in [0, 0.1) is 10.1 Å². The Morgan fingerprint density at radius 3 is 3.11 bits per heavy atom. The van der Waals surface area contributed by atoms with Crippen molar-refractivity contribution in [3.05, 3.63) is 16.4 Å². The van der Waals surface area contributed by atoms with Gasteiger partial charge in [0.15, 0.2) is 5.03 Å². The summed E-state index contributed by atoms with van der Waals surface area (Å²) >= 11 is 1.29. The van der Waals surface area contributed by atoms with Crippen LogP contribution in [0.25, 0.3) is 0 Å². The van der Waals surface area contributed by atoms with Gasteiger partial charge < -0.3 is 10.2 Å². The summed E-state index contributed by atoms with van der Waals surface area (Å²) in [5.74, 6) is 5.86. The summed E-state index contributed by atoms with van der Waals surface area (Å²) < 4.78 is 5.46. The summed E-state index contributed by atoms with van der Waals surface area (Å²) in [6, 6.07) is 0. The number of nitrogens with zero attached hydrogens (tertiary/aromatic N) is 3. The molecular formula is C9H13N5O3S. The minimum atomic E-state index is -0.535. The third-order valence-corrected chi connectivity index (χ3v) is 3.65. The van der Waals surface area contributed by atoms with Crippen molar-refractivity contribution < 1.29 is 9.66 Å². The fraction of sp³-hybridized carbons (Fsp3) is 0.556. The Kier molecular flexibility index (Phi) is 4.28. The van der Waals surface area contributed by atoms with Crippen molar-refractivity contribution in [2.24, 2.45) is 5.84 Å². The highest BCUT2D eigenvalue weighted by molar-refractivity contribution is 7.99. The maximum Gasteiger partial charge on any atom is 0.344 e. The minimum absolute atomic E-state index is 0.0184. The van der Waals surface area contributed by atoms with E-state index in [1.54, 1.807) is 0 Å². The maximum atomic E-state index is 11.0. The van der Waals surface area contributed by atoms with E-state index in [1.165, 1.54) is 18.1 Å². The lowest BCUT2D eigenvalue weighted by Crippen LogP contribution is -2.13. The fourth-order valence-corrected chi connectivity index (χ4v) is 2.72. The van der Waals surface area contributed by atoms with Crippen molar-refractivity contribution in [1.82, 2.24) is 9.97 Å². The number of anilines is 1. The van der Waals surface area contributed by atoms with Crippen LogP contribution in [-0.4, -0.2) is 33.4 Å². The zero-order valence-electron chi connectivity index (χ0n) is 9.54. The number of hydrogen-bond donors (Lipinski definition) is 2. The molecule has 2 rings (SSSR count). The van der Waals surface area contributed by atoms with E-state index in [4.69, 9.17) is 10.6 Å². The van der Waals surface area contributed by atoms with Crippen molar-refractivity contribution in [2.75, 3.05) is 17.8 Å². The van der Waals surface area contributed by atoms with Crippen LogP contribution in [0.4, 0.5) is 11.5 Å². The Morgan fingerprint density at radius 2 is 2.50 bits per heavy atom. The first kappa shape index (κ1) is 13.0. The Labute approximate surface area is 107 Å². The molecule has 9 heteroatoms. The van der Waals surface area contributed by atoms with Crippen LogP contribution in [0.2, 0.25) is 0 Å². The lowest BCUT2D eigenvalue weighted by molar-refractivity contribution is -0.387. The quantitative estimate of drug-likeness (QED) is 0.267. The second-order valence-corrected chi connectivity index (χ2v) is 4.73. The zero-order valence-corrected chi connectivity index (χ0v) is 10.4. The molecule has 1 aromatic heterocycles. The third kappa shape index (κ3) is 2.86. The molecule has 0 saturated carbocycles. The molecule has 2 heterocycles. The molecule has 3 N–H and O–H groups in total. The van der Waals surface area contributed by atoms with E-state index < -0.39 is 4.92 Å². The van der Waals surface area contributed by atoms with Gasteiger partial charge in [-0.2, -0.15) is 0 Å². The summed E-state index contributed by atoms with van der Waals surface area (Å²) in [6.45, 7) is 0.757. The number of rotatable bonds is 5. The van der Waals surface area contributed by atoms with E-state index in [0.29, 0.717) is 10.8 Å². The van der Waals surface area contributed by atoms with Gasteiger partial charge in [-0.25, -0.2) is 15.8 Å². The molecule has 1 aliphatic heterocycles. The molecule has 1 fully saturated rings. The van der Waals surface area contributed by atoms with Crippen molar-refractivity contribution in [1.29, 1.82) is 0 Å². The molecule has 0 aliphatic carbocycles. The second-order valence-electron chi connectivity index (χ2n) is 3.72. The van der Waals surface area contributed by atoms with Crippen molar-refractivity contribution in [3.8, 4) is 0 Å². The van der Waals surface area contributed by atoms with Gasteiger partial charge in [0.05, 0.1) is 11.0 Å². The third-order valence-electron chi connectivity index (χ3n) is 2.54. The molecule has 8 nitrogen and oxygen atoms in total. The number of hydrogen-bond acceptors (Lipinski definition) is 8. The monoisotopic (exact) mass is 271 g/mol. The average molecular weight is 271 g/mol. The van der Waals surface area contributed by atoms with E-state index in [2.05, 4.69) is 15.4 Å². The van der Waals surface area contributed by atoms with Crippen LogP contribution >= 0.6 is 11.8 Å². The number of thioether (sulfide) groups is 1. The highest BCUT2D eigenvalue weighted by Gasteiger charge is 2.24. The molecule has 0 spiro atoms. The first-order valence-electron chi connectivity index (χ1n) is 5.42. The van der Waals surface area contributed by atoms with E-state index in [1.807, 2.05) is 0 Å². The van der Waals surface area contributed by atoms with Crippen LogP contribution in [0.5, 0.6) is 0 Å². The summed E-state index contributed by atoms with van der Waals surface area (Å²) in [5, 5.41) is 11.3. The van der Waals surface area contributed by atoms with Gasteiger partial charge in [0.1, 0.15) is 6.33 Å². The summed E-state index contributed by atoms with van der Waals surface area (Å²) in [6.07, 6.45) is 3.40. The van der Waals surface area contributed by atoms with Crippen LogP contribution < -0.4 is 11.3 Å². The standard InChI is InChI=1S/C9H13N5O3S/c10-13-8-7(14(15)16)9(12-5-11-8)18-4-6-2-1-3-17-6/h5-6H,1-4,10H2,(H,11,12,13). The van der Waals surface area contributed by atoms with Crippen molar-refractivity contribution in [2.45, 2.75) is 24.0 Å². The molecule has 18 heavy (non-hydrogen) atoms. The topological polar surface area (TPSA) is 116 Å². The van der Waals surface area contributed by atoms with Gasteiger partial charge >= 0.3 is 5.69 Å². The molecule has 0 amide bonds. The molecule has 1 aromatic rings. The van der Waals surface area contributed by atoms with E-state index in [0.717, 1.165) is 19.4 Å². The molecule has 1 unspecified atom stereocenters. The zero-order chi connectivity index (χ0) is 13.0. The Balaban J connectivity index is 2.13. The first-order valence-corrected chi connectivity index (χ1v) is 6.41. The number of nitro groups is 1. The van der Waals surface area contributed by atoms with Gasteiger partial charge in [0.2, 0.25) is 5.82 Å². The van der Waals surface area contributed by atoms with Gasteiger partial charge in [-0.3, -0.25) is 10.1 Å². The predicted octanol–water partition coefficient (Wildman–Crippen LogP) is 0.941. The molecule has 1 aliphatic rings. The molecule has 1 atom stereocenters. The highest BCUT2D eigenvalue weighted by Crippen LogP contribution is 2.33. The number of nitrogens with two attached hydrogens (primary N) is 1. The minimum Gasteiger partial charge on any atom is -0.377 e. The maximum absolute atomic E-state index is 11.0. The predicted molar refractivity (Wildman–Crippen MR) is 66.2 cm³/mol. The fourth-order valence-electron chi connectivity index (χ4n) is 1.69. The number of ether oxygens (including phenoxy) is 1. The van der Waals surface area contributed by atoms with Crippen molar-refractivity contribution >= 4 is 23.3 Å². The first-order chi connectivity index (χ1) is 8.72. The highest BCUT2D eigenvalue weighted by atomic mass is 32.2. The molecule has 0 aromatic carbocycles. The summed E-state index contributed by atoms with van der Waals surface area (Å²) in [7, 11) is 0. The molecule has 1 saturated heterocycles. The lowest BCUT2D eigenvalue weighted by Gasteiger charge is -2.09. The number of nitrogens with one attached hydrogen (secondary N) is 1. The van der Waals surface area contributed by atoms with Crippen molar-refractivity contribution in [3.63, 3.8) is 0 Å². The van der Waals surface area contributed by atoms with Gasteiger partial charge in [-0.1, -0.05) is 11.8 Å². The van der Waals surface area contributed by atoms with E-state index in [9.17, 15) is 10.1 Å². The second kappa shape index (κ2) is 5.94. The normalized spacial score (nSPS) is 18.8. The van der Waals surface area contributed by atoms with Crippen LogP contribution in [0.15, 0.2) is 11.4 Å². The largest absolute Gasteiger partial charge is 0.377 e. The molecular weight excluding hydrogens is 258 g/mol. The van der Waals surface area contributed by atoms with Crippen LogP contribution in [0.1, 0.15) is 12.8 Å². The Morgan fingerprint density at radius 1 is 1.67 bits per heavy atom. The molecule has 98 valence electrons. The number of aromatic nitrogens is 2. The number of nitrogen functional groups attached to an aromatic ring is 1. The van der Waals surface area contributed by atoms with E-state index in [-0.39, 0.29) is 17.6 Å². The van der Waals surface area contributed by atoms with Gasteiger partial charge in [-0.05, 0) is 12.8 Å². The van der Waals surface area contributed by atoms with Gasteiger partial charge in [0.25, 0.3) is 0 Å². The number of hydrazine groups is 1. The van der Waals surface area contributed by atoms with E-state index >= 15 is 0 Å². The molecule has 0 radical (unpaired) electrons. The average Bonchev–Trinajstić information content (AvgIpc) is 2.88. The van der Waals surface area contributed by atoms with Gasteiger partial charge in [-0.15, -0.1) is 0 Å². The van der Waals surface area contributed by atoms with Crippen LogP contribution in [0.3, 0.4) is 0 Å². The SMILES string of the molecule is NNc1ncnc(SCC2CCCO2)c1[N+](=O)[O-]. The van der Waals surface area contributed by atoms with Gasteiger partial charge in [0, 0.05) is 12.4 Å². The Hall–Kier alpha value is -1.45. The summed E-state index contributed by atoms with van der Waals surface area (Å²) in [4.78, 5) is 18.1. The molecule has 0 bridgehead atoms. The smallest absolute Gasteiger partial charge is 0.344 e. The van der Waals surface area contributed by atoms with Crippen LogP contribution in [-0.2, 0) is 4.74 Å². The Bertz CT molecular complexity index is 438. The lowest BCUT2D eigenvalue weighted by atomic mass is 10.3. The summed E-state index contributed by atoms with van der Waals surface area (Å²) in [5.41, 5.74) is 2.02.